The van der Waals surface area contributed by atoms with Crippen LogP contribution in [0, 0.1) is 13.8 Å². The van der Waals surface area contributed by atoms with E-state index in [1.54, 1.807) is 37.4 Å². The van der Waals surface area contributed by atoms with Crippen LogP contribution < -0.4 is 23.8 Å². The fraction of sp³-hybridized carbons (Fsp3) is 0.233. The van der Waals surface area contributed by atoms with Crippen LogP contribution in [0.5, 0.6) is 23.0 Å². The zero-order valence-electron chi connectivity index (χ0n) is 22.9. The number of fused-ring (bicyclic) bond motifs is 1. The molecule has 10 heteroatoms. The smallest absolute Gasteiger partial charge is 0.301 e. The quantitative estimate of drug-likeness (QED) is 0.178. The van der Waals surface area contributed by atoms with E-state index in [0.29, 0.717) is 44.8 Å². The molecule has 0 aliphatic carbocycles. The first-order chi connectivity index (χ1) is 19.2. The number of benzene rings is 3. The molecular weight excluding hydrogens is 532 g/mol. The van der Waals surface area contributed by atoms with Gasteiger partial charge in [0.05, 0.1) is 50.3 Å². The Morgan fingerprint density at radius 3 is 2.15 bits per heavy atom. The first-order valence-corrected chi connectivity index (χ1v) is 13.2. The molecule has 2 heterocycles. The molecular formula is C30H28N2O7S. The molecule has 40 heavy (non-hydrogen) atoms. The van der Waals surface area contributed by atoms with Gasteiger partial charge in [-0.2, -0.15) is 0 Å². The standard InChI is InChI=1S/C30H28N2O7S/c1-15-7-9-19-23(11-15)40-30(31-19)32-25(18-13-21(37-4)28(39-6)22(14-18)38-5)24(27(34)29(32)35)26(33)17-8-10-20(36-3)16(2)12-17/h7-14,25,33H,1-6H3/b26-24+/t25-/m1/s1. The zero-order chi connectivity index (χ0) is 28.7. The van der Waals surface area contributed by atoms with E-state index >= 15 is 0 Å². The van der Waals surface area contributed by atoms with Gasteiger partial charge in [0.1, 0.15) is 11.5 Å². The summed E-state index contributed by atoms with van der Waals surface area (Å²) >= 11 is 1.29. The minimum Gasteiger partial charge on any atom is -0.507 e. The third-order valence-corrected chi connectivity index (χ3v) is 7.87. The molecule has 4 aromatic rings. The van der Waals surface area contributed by atoms with Crippen molar-refractivity contribution in [1.82, 2.24) is 4.98 Å². The van der Waals surface area contributed by atoms with Crippen molar-refractivity contribution < 1.29 is 33.6 Å². The molecule has 3 aromatic carbocycles. The van der Waals surface area contributed by atoms with Gasteiger partial charge < -0.3 is 24.1 Å². The average molecular weight is 561 g/mol. The summed E-state index contributed by atoms with van der Waals surface area (Å²) in [5.41, 5.74) is 3.25. The van der Waals surface area contributed by atoms with E-state index in [1.165, 1.54) is 37.6 Å². The predicted molar refractivity (Wildman–Crippen MR) is 153 cm³/mol. The Labute approximate surface area is 235 Å². The minimum atomic E-state index is -1.03. The first kappa shape index (κ1) is 27.0. The molecule has 0 bridgehead atoms. The molecule has 0 radical (unpaired) electrons. The molecule has 0 saturated carbocycles. The van der Waals surface area contributed by atoms with Crippen LogP contribution >= 0.6 is 11.3 Å². The van der Waals surface area contributed by atoms with E-state index in [2.05, 4.69) is 4.98 Å². The number of hydrogen-bond donors (Lipinski definition) is 1. The van der Waals surface area contributed by atoms with Crippen LogP contribution in [-0.4, -0.2) is 50.2 Å². The van der Waals surface area contributed by atoms with Gasteiger partial charge in [0.25, 0.3) is 5.78 Å². The van der Waals surface area contributed by atoms with Crippen LogP contribution in [0.3, 0.4) is 0 Å². The van der Waals surface area contributed by atoms with Gasteiger partial charge in [-0.1, -0.05) is 17.4 Å². The van der Waals surface area contributed by atoms with Crippen molar-refractivity contribution in [1.29, 1.82) is 0 Å². The van der Waals surface area contributed by atoms with Crippen LogP contribution in [-0.2, 0) is 9.59 Å². The predicted octanol–water partition coefficient (Wildman–Crippen LogP) is 5.57. The summed E-state index contributed by atoms with van der Waals surface area (Å²) in [5, 5.41) is 11.9. The lowest BCUT2D eigenvalue weighted by Gasteiger charge is -2.24. The summed E-state index contributed by atoms with van der Waals surface area (Å²) in [4.78, 5) is 33.3. The third-order valence-electron chi connectivity index (χ3n) is 6.85. The first-order valence-electron chi connectivity index (χ1n) is 12.4. The number of thiazole rings is 1. The molecule has 1 atom stereocenters. The van der Waals surface area contributed by atoms with E-state index < -0.39 is 17.7 Å². The van der Waals surface area contributed by atoms with E-state index in [-0.39, 0.29) is 11.3 Å². The Morgan fingerprint density at radius 2 is 1.55 bits per heavy atom. The fourth-order valence-corrected chi connectivity index (χ4v) is 6.00. The maximum atomic E-state index is 13.7. The van der Waals surface area contributed by atoms with Crippen molar-refractivity contribution in [2.24, 2.45) is 0 Å². The van der Waals surface area contributed by atoms with Gasteiger partial charge in [0, 0.05) is 5.56 Å². The summed E-state index contributed by atoms with van der Waals surface area (Å²) in [5.74, 6) is -0.302. The second kappa shape index (κ2) is 10.5. The van der Waals surface area contributed by atoms with Gasteiger partial charge in [0.2, 0.25) is 5.75 Å². The second-order valence-corrected chi connectivity index (χ2v) is 10.3. The normalized spacial score (nSPS) is 16.4. The summed E-state index contributed by atoms with van der Waals surface area (Å²) < 4.78 is 22.8. The van der Waals surface area contributed by atoms with Gasteiger partial charge in [-0.25, -0.2) is 4.98 Å². The molecule has 1 N–H and O–H groups in total. The van der Waals surface area contributed by atoms with Crippen LogP contribution in [0.15, 0.2) is 54.1 Å². The highest BCUT2D eigenvalue weighted by atomic mass is 32.1. The number of methoxy groups -OCH3 is 4. The maximum Gasteiger partial charge on any atom is 0.301 e. The number of Topliss-reactive ketones (excluding diaryl/α,β-unsaturated/α-hetero) is 1. The Bertz CT molecular complexity index is 1670. The number of aryl methyl sites for hydroxylation is 2. The Balaban J connectivity index is 1.78. The topological polar surface area (TPSA) is 107 Å². The number of carbonyl (C=O) groups excluding carboxylic acids is 2. The number of amides is 1. The number of aliphatic hydroxyl groups is 1. The van der Waals surface area contributed by atoms with Crippen molar-refractivity contribution in [3.05, 3.63) is 76.4 Å². The molecule has 206 valence electrons. The van der Waals surface area contributed by atoms with Gasteiger partial charge in [-0.05, 0) is 73.0 Å². The molecule has 0 unspecified atom stereocenters. The van der Waals surface area contributed by atoms with E-state index in [0.717, 1.165) is 15.8 Å². The van der Waals surface area contributed by atoms with Crippen molar-refractivity contribution in [2.75, 3.05) is 33.3 Å². The van der Waals surface area contributed by atoms with Crippen LogP contribution in [0.1, 0.15) is 28.3 Å². The summed E-state index contributed by atoms with van der Waals surface area (Å²) in [7, 11) is 6.00. The Morgan fingerprint density at radius 1 is 0.875 bits per heavy atom. The monoisotopic (exact) mass is 560 g/mol. The Kier molecular flexibility index (Phi) is 7.12. The Hall–Kier alpha value is -4.57. The number of nitrogens with zero attached hydrogens (tertiary/aromatic N) is 2. The lowest BCUT2D eigenvalue weighted by atomic mass is 9.94. The molecule has 0 spiro atoms. The lowest BCUT2D eigenvalue weighted by molar-refractivity contribution is -0.132. The molecule has 1 saturated heterocycles. The third kappa shape index (κ3) is 4.40. The zero-order valence-corrected chi connectivity index (χ0v) is 23.7. The number of ketones is 1. The van der Waals surface area contributed by atoms with Crippen molar-refractivity contribution in [3.8, 4) is 23.0 Å². The highest BCUT2D eigenvalue weighted by Crippen LogP contribution is 2.48. The SMILES string of the molecule is COc1ccc(/C(O)=C2\C(=O)C(=O)N(c3nc4ccc(C)cc4s3)[C@@H]2c2cc(OC)c(OC)c(OC)c2)cc1C. The molecule has 1 aromatic heterocycles. The highest BCUT2D eigenvalue weighted by molar-refractivity contribution is 7.22. The largest absolute Gasteiger partial charge is 0.507 e. The van der Waals surface area contributed by atoms with E-state index in [9.17, 15) is 14.7 Å². The molecule has 1 aliphatic heterocycles. The van der Waals surface area contributed by atoms with Crippen molar-refractivity contribution >= 4 is 44.1 Å². The van der Waals surface area contributed by atoms with Crippen LogP contribution in [0.4, 0.5) is 5.13 Å². The number of carbonyl (C=O) groups is 2. The maximum absolute atomic E-state index is 13.7. The molecule has 1 fully saturated rings. The lowest BCUT2D eigenvalue weighted by Crippen LogP contribution is -2.29. The summed E-state index contributed by atoms with van der Waals surface area (Å²) in [6.07, 6.45) is 0. The number of aliphatic hydroxyl groups excluding tert-OH is 1. The average Bonchev–Trinajstić information content (AvgIpc) is 3.48. The van der Waals surface area contributed by atoms with Gasteiger partial charge in [-0.15, -0.1) is 0 Å². The fourth-order valence-electron chi connectivity index (χ4n) is 4.91. The highest BCUT2D eigenvalue weighted by Gasteiger charge is 2.48. The molecule has 1 amide bonds. The number of aromatic nitrogens is 1. The number of anilines is 1. The second-order valence-electron chi connectivity index (χ2n) is 9.28. The summed E-state index contributed by atoms with van der Waals surface area (Å²) in [6, 6.07) is 13.1. The summed E-state index contributed by atoms with van der Waals surface area (Å²) in [6.45, 7) is 3.80. The molecule has 1 aliphatic rings. The van der Waals surface area contributed by atoms with E-state index in [1.807, 2.05) is 32.0 Å². The van der Waals surface area contributed by atoms with Crippen molar-refractivity contribution in [3.63, 3.8) is 0 Å². The van der Waals surface area contributed by atoms with Gasteiger partial charge in [0.15, 0.2) is 16.6 Å². The number of hydrogen-bond acceptors (Lipinski definition) is 9. The van der Waals surface area contributed by atoms with E-state index in [4.69, 9.17) is 18.9 Å². The molecule has 9 nitrogen and oxygen atoms in total. The van der Waals surface area contributed by atoms with Gasteiger partial charge >= 0.3 is 5.91 Å². The number of rotatable bonds is 7. The van der Waals surface area contributed by atoms with Gasteiger partial charge in [-0.3, -0.25) is 14.5 Å². The molecule has 5 rings (SSSR count). The number of ether oxygens (including phenoxy) is 4. The van der Waals surface area contributed by atoms with Crippen molar-refractivity contribution in [2.45, 2.75) is 19.9 Å². The minimum absolute atomic E-state index is 0.0840. The van der Waals surface area contributed by atoms with Crippen LogP contribution in [0.25, 0.3) is 16.0 Å². The van der Waals surface area contributed by atoms with Crippen LogP contribution in [0.2, 0.25) is 0 Å².